The van der Waals surface area contributed by atoms with Gasteiger partial charge in [0.15, 0.2) is 0 Å². The van der Waals surface area contributed by atoms with Crippen LogP contribution in [-0.2, 0) is 0 Å². The van der Waals surface area contributed by atoms with Crippen molar-refractivity contribution in [1.82, 2.24) is 4.57 Å². The number of rotatable bonds is 2. The van der Waals surface area contributed by atoms with Gasteiger partial charge in [-0.1, -0.05) is 133 Å². The predicted octanol–water partition coefficient (Wildman–Crippen LogP) is 13.9. The summed E-state index contributed by atoms with van der Waals surface area (Å²) in [5.41, 5.74) is 11.5. The van der Waals surface area contributed by atoms with E-state index < -0.39 is 0 Å². The van der Waals surface area contributed by atoms with E-state index >= 15 is 0 Å². The van der Waals surface area contributed by atoms with E-state index in [0.29, 0.717) is 0 Å². The third-order valence-corrected chi connectivity index (χ3v) is 12.3. The van der Waals surface area contributed by atoms with Crippen LogP contribution in [0.15, 0.2) is 164 Å². The molecular formula is C48H27NS. The van der Waals surface area contributed by atoms with Crippen molar-refractivity contribution in [3.05, 3.63) is 164 Å². The van der Waals surface area contributed by atoms with Crippen molar-refractivity contribution in [2.45, 2.75) is 0 Å². The van der Waals surface area contributed by atoms with Crippen molar-refractivity contribution in [1.29, 1.82) is 0 Å². The molecule has 0 N–H and O–H groups in total. The summed E-state index contributed by atoms with van der Waals surface area (Å²) in [6.07, 6.45) is 0. The molecule has 2 heterocycles. The largest absolute Gasteiger partial charge is 0.309 e. The van der Waals surface area contributed by atoms with Crippen molar-refractivity contribution < 1.29 is 0 Å². The fraction of sp³-hybridized carbons (Fsp3) is 0. The van der Waals surface area contributed by atoms with Gasteiger partial charge in [-0.15, -0.1) is 11.3 Å². The average molecular weight is 650 g/mol. The normalized spacial score (nSPS) is 12.4. The minimum atomic E-state index is 1.17. The van der Waals surface area contributed by atoms with Crippen LogP contribution in [0.3, 0.4) is 0 Å². The molecule has 0 unspecified atom stereocenters. The molecular weight excluding hydrogens is 623 g/mol. The number of hydrogen-bond acceptors (Lipinski definition) is 1. The van der Waals surface area contributed by atoms with Crippen molar-refractivity contribution in [3.8, 4) is 39.1 Å². The number of thiophene rings is 1. The van der Waals surface area contributed by atoms with Gasteiger partial charge in [-0.25, -0.2) is 0 Å². The topological polar surface area (TPSA) is 4.93 Å². The lowest BCUT2D eigenvalue weighted by Gasteiger charge is -2.14. The van der Waals surface area contributed by atoms with Gasteiger partial charge in [0.2, 0.25) is 0 Å². The number of nitrogens with zero attached hydrogens (tertiary/aromatic N) is 1. The number of hydrogen-bond donors (Lipinski definition) is 0. The van der Waals surface area contributed by atoms with Crippen LogP contribution < -0.4 is 0 Å². The van der Waals surface area contributed by atoms with E-state index in [9.17, 15) is 0 Å². The van der Waals surface area contributed by atoms with Crippen LogP contribution in [0.1, 0.15) is 0 Å². The molecule has 12 rings (SSSR count). The molecule has 1 aliphatic rings. The quantitative estimate of drug-likeness (QED) is 0.164. The first-order valence-electron chi connectivity index (χ1n) is 17.3. The van der Waals surface area contributed by atoms with Gasteiger partial charge in [0.1, 0.15) is 0 Å². The van der Waals surface area contributed by atoms with Gasteiger partial charge in [-0.05, 0) is 90.6 Å². The Hall–Kier alpha value is -6.22. The van der Waals surface area contributed by atoms with Crippen molar-refractivity contribution >= 4 is 85.6 Å². The first-order valence-corrected chi connectivity index (χ1v) is 18.1. The Bertz CT molecular complexity index is 3220. The Morgan fingerprint density at radius 1 is 0.340 bits per heavy atom. The summed E-state index contributed by atoms with van der Waals surface area (Å²) in [5.74, 6) is 0. The first kappa shape index (κ1) is 26.7. The van der Waals surface area contributed by atoms with Crippen LogP contribution in [0.2, 0.25) is 0 Å². The first-order chi connectivity index (χ1) is 24.8. The van der Waals surface area contributed by atoms with Crippen LogP contribution >= 0.6 is 11.3 Å². The van der Waals surface area contributed by atoms with Crippen LogP contribution in [-0.4, -0.2) is 4.57 Å². The zero-order chi connectivity index (χ0) is 32.5. The second kappa shape index (κ2) is 9.69. The summed E-state index contributed by atoms with van der Waals surface area (Å²) in [6.45, 7) is 0. The van der Waals surface area contributed by atoms with E-state index in [-0.39, 0.29) is 0 Å². The third-order valence-electron chi connectivity index (χ3n) is 11.1. The van der Waals surface area contributed by atoms with Crippen LogP contribution in [0.5, 0.6) is 0 Å². The van der Waals surface area contributed by atoms with Gasteiger partial charge >= 0.3 is 0 Å². The van der Waals surface area contributed by atoms with Gasteiger partial charge < -0.3 is 4.57 Å². The summed E-state index contributed by atoms with van der Waals surface area (Å²) >= 11 is 1.89. The molecule has 50 heavy (non-hydrogen) atoms. The van der Waals surface area contributed by atoms with Gasteiger partial charge in [-0.2, -0.15) is 0 Å². The zero-order valence-corrected chi connectivity index (χ0v) is 27.8. The summed E-state index contributed by atoms with van der Waals surface area (Å²) < 4.78 is 5.17. The number of fused-ring (bicyclic) bond motifs is 14. The minimum absolute atomic E-state index is 1.17. The molecule has 2 heteroatoms. The lowest BCUT2D eigenvalue weighted by molar-refractivity contribution is 1.19. The molecule has 0 fully saturated rings. The van der Waals surface area contributed by atoms with Crippen molar-refractivity contribution in [2.24, 2.45) is 0 Å². The Labute approximate surface area is 291 Å². The summed E-state index contributed by atoms with van der Waals surface area (Å²) in [7, 11) is 0. The maximum absolute atomic E-state index is 2.48. The van der Waals surface area contributed by atoms with E-state index in [2.05, 4.69) is 168 Å². The van der Waals surface area contributed by atoms with E-state index in [1.54, 1.807) is 0 Å². The summed E-state index contributed by atoms with van der Waals surface area (Å²) in [4.78, 5) is 0. The maximum atomic E-state index is 2.48. The molecule has 2 aromatic heterocycles. The second-order valence-electron chi connectivity index (χ2n) is 13.6. The highest BCUT2D eigenvalue weighted by Crippen LogP contribution is 2.49. The smallest absolute Gasteiger partial charge is 0.0619 e. The zero-order valence-electron chi connectivity index (χ0n) is 26.9. The number of aromatic nitrogens is 1. The fourth-order valence-electron chi connectivity index (χ4n) is 9.02. The molecule has 0 radical (unpaired) electrons. The molecule has 0 atom stereocenters. The molecule has 0 aliphatic heterocycles. The Morgan fingerprint density at radius 3 is 1.86 bits per heavy atom. The summed E-state index contributed by atoms with van der Waals surface area (Å²) in [6, 6.07) is 61.1. The van der Waals surface area contributed by atoms with Gasteiger partial charge in [0.05, 0.1) is 11.0 Å². The van der Waals surface area contributed by atoms with Crippen LogP contribution in [0.4, 0.5) is 0 Å². The van der Waals surface area contributed by atoms with Gasteiger partial charge in [-0.3, -0.25) is 0 Å². The van der Waals surface area contributed by atoms with Crippen LogP contribution in [0.25, 0.3) is 113 Å². The SMILES string of the molecule is c1ccc2c(c1)-c1cccc3c(-c4ccc(-n5c6ccccc6c6ccc7c(ccc8ccc9sc%10ccccc%10c9c87)c65)cc4)ccc-2c13. The second-order valence-corrected chi connectivity index (χ2v) is 14.7. The van der Waals surface area contributed by atoms with Gasteiger partial charge in [0, 0.05) is 42.0 Å². The van der Waals surface area contributed by atoms with Crippen molar-refractivity contribution in [3.63, 3.8) is 0 Å². The summed E-state index contributed by atoms with van der Waals surface area (Å²) in [5, 5.41) is 13.2. The Balaban J connectivity index is 1.10. The molecule has 11 aromatic rings. The van der Waals surface area contributed by atoms with E-state index in [4.69, 9.17) is 0 Å². The monoisotopic (exact) mass is 649 g/mol. The highest BCUT2D eigenvalue weighted by molar-refractivity contribution is 7.26. The molecule has 1 nitrogen and oxygen atoms in total. The molecule has 230 valence electrons. The number of benzene rings is 9. The van der Waals surface area contributed by atoms with E-state index in [1.807, 2.05) is 11.3 Å². The predicted molar refractivity (Wildman–Crippen MR) is 216 cm³/mol. The highest BCUT2D eigenvalue weighted by atomic mass is 32.1. The molecule has 0 bridgehead atoms. The van der Waals surface area contributed by atoms with Crippen LogP contribution in [0, 0.1) is 0 Å². The highest BCUT2D eigenvalue weighted by Gasteiger charge is 2.23. The molecule has 0 amide bonds. The van der Waals surface area contributed by atoms with Crippen molar-refractivity contribution in [2.75, 3.05) is 0 Å². The molecule has 9 aromatic carbocycles. The molecule has 1 aliphatic carbocycles. The fourth-order valence-corrected chi connectivity index (χ4v) is 10.1. The molecule has 0 spiro atoms. The lowest BCUT2D eigenvalue weighted by atomic mass is 9.94. The van der Waals surface area contributed by atoms with Gasteiger partial charge in [0.25, 0.3) is 0 Å². The molecule has 0 saturated carbocycles. The molecule has 0 saturated heterocycles. The third kappa shape index (κ3) is 3.41. The maximum Gasteiger partial charge on any atom is 0.0619 e. The average Bonchev–Trinajstić information content (AvgIpc) is 3.84. The number of para-hydroxylation sites is 1. The Kier molecular flexibility index (Phi) is 5.18. The lowest BCUT2D eigenvalue weighted by Crippen LogP contribution is -1.95. The van der Waals surface area contributed by atoms with E-state index in [1.165, 1.54) is 113 Å². The minimum Gasteiger partial charge on any atom is -0.309 e. The van der Waals surface area contributed by atoms with E-state index in [0.717, 1.165) is 0 Å². The standard InChI is InChI=1S/C48H27NS/c1-2-9-33-32(8-1)36-13-7-12-35-31(23-24-37(33)46(35)36)28-16-20-30(21-17-28)49-42-14-5-3-10-34(42)39-26-25-38-40(48(39)49)22-18-29-19-27-44-47(45(29)38)41-11-4-6-15-43(41)50-44/h1-27H. The Morgan fingerprint density at radius 2 is 0.980 bits per heavy atom.